The first-order chi connectivity index (χ1) is 16.2. The Bertz CT molecular complexity index is 1170. The molecule has 0 bridgehead atoms. The van der Waals surface area contributed by atoms with E-state index in [1.807, 2.05) is 6.20 Å². The second kappa shape index (κ2) is 8.85. The molecule has 1 aromatic carbocycles. The molecule has 2 aromatic heterocycles. The number of aromatic nitrogens is 4. The molecule has 0 amide bonds. The van der Waals surface area contributed by atoms with Crippen molar-refractivity contribution in [2.24, 2.45) is 0 Å². The monoisotopic (exact) mass is 445 g/mol. The Morgan fingerprint density at radius 2 is 1.82 bits per heavy atom. The third-order valence-electron chi connectivity index (χ3n) is 7.05. The quantitative estimate of drug-likeness (QED) is 0.596. The average molecular weight is 446 g/mol. The van der Waals surface area contributed by atoms with E-state index in [1.54, 1.807) is 0 Å². The van der Waals surface area contributed by atoms with Crippen LogP contribution in [0.2, 0.25) is 0 Å². The van der Waals surface area contributed by atoms with E-state index in [-0.39, 0.29) is 0 Å². The number of rotatable bonds is 5. The Morgan fingerprint density at radius 1 is 0.970 bits per heavy atom. The van der Waals surface area contributed by atoms with Crippen molar-refractivity contribution in [3.63, 3.8) is 0 Å². The number of hydrogen-bond donors (Lipinski definition) is 0. The summed E-state index contributed by atoms with van der Waals surface area (Å²) in [5, 5.41) is 5.79. The van der Waals surface area contributed by atoms with Crippen LogP contribution >= 0.6 is 0 Å². The van der Waals surface area contributed by atoms with Crippen molar-refractivity contribution in [2.45, 2.75) is 13.0 Å². The van der Waals surface area contributed by atoms with Crippen LogP contribution in [0.1, 0.15) is 11.1 Å². The number of nitrogens with zero attached hydrogens (tertiary/aromatic N) is 7. The maximum Gasteiger partial charge on any atom is 0.228 e. The van der Waals surface area contributed by atoms with E-state index in [1.165, 1.54) is 11.1 Å². The minimum absolute atomic E-state index is 0.712. The molecule has 172 valence electrons. The van der Waals surface area contributed by atoms with Crippen LogP contribution in [0, 0.1) is 0 Å². The fourth-order valence-corrected chi connectivity index (χ4v) is 4.95. The van der Waals surface area contributed by atoms with E-state index in [9.17, 15) is 0 Å². The standard InChI is InChI=1S/C25H31N7O/c1-29-7-9-30(10-8-29)11-12-32-24-22(18-26-32)23(21-6-5-19-3-2-4-20(19)17-21)27-25(28-24)31-13-15-33-16-14-31/h2-3,5-6,17-18H,4,7-16H2,1H3. The molecule has 0 unspecified atom stereocenters. The van der Waals surface area contributed by atoms with Crippen LogP contribution in [0.5, 0.6) is 0 Å². The number of piperazine rings is 1. The summed E-state index contributed by atoms with van der Waals surface area (Å²) in [5.41, 5.74) is 5.70. The summed E-state index contributed by atoms with van der Waals surface area (Å²) < 4.78 is 7.63. The molecule has 4 heterocycles. The normalized spacial score (nSPS) is 19.5. The number of morpholine rings is 1. The number of fused-ring (bicyclic) bond motifs is 2. The molecule has 6 rings (SSSR count). The molecule has 0 N–H and O–H groups in total. The molecule has 3 aromatic rings. The summed E-state index contributed by atoms with van der Waals surface area (Å²) in [6.07, 6.45) is 7.35. The predicted octanol–water partition coefficient (Wildman–Crippen LogP) is 2.15. The van der Waals surface area contributed by atoms with Crippen LogP contribution in [0.3, 0.4) is 0 Å². The fourth-order valence-electron chi connectivity index (χ4n) is 4.95. The van der Waals surface area contributed by atoms with E-state index >= 15 is 0 Å². The van der Waals surface area contributed by atoms with Gasteiger partial charge in [-0.2, -0.15) is 10.1 Å². The summed E-state index contributed by atoms with van der Waals surface area (Å²) in [6.45, 7) is 9.34. The van der Waals surface area contributed by atoms with Crippen LogP contribution < -0.4 is 4.90 Å². The average Bonchev–Trinajstić information content (AvgIpc) is 3.50. The Hall–Kier alpha value is -2.81. The van der Waals surface area contributed by atoms with Gasteiger partial charge in [-0.3, -0.25) is 4.90 Å². The number of anilines is 1. The third-order valence-corrected chi connectivity index (χ3v) is 7.05. The topological polar surface area (TPSA) is 62.5 Å². The van der Waals surface area contributed by atoms with Crippen molar-refractivity contribution in [1.29, 1.82) is 0 Å². The summed E-state index contributed by atoms with van der Waals surface area (Å²) in [6, 6.07) is 6.66. The van der Waals surface area contributed by atoms with E-state index in [0.717, 1.165) is 87.0 Å². The highest BCUT2D eigenvalue weighted by Crippen LogP contribution is 2.31. The molecule has 8 nitrogen and oxygen atoms in total. The van der Waals surface area contributed by atoms with Gasteiger partial charge in [-0.05, 0) is 30.7 Å². The van der Waals surface area contributed by atoms with Crippen LogP contribution in [-0.4, -0.2) is 95.6 Å². The summed E-state index contributed by atoms with van der Waals surface area (Å²) in [7, 11) is 2.19. The Kier molecular flexibility index (Phi) is 5.57. The molecule has 1 aliphatic carbocycles. The molecule has 0 atom stereocenters. The van der Waals surface area contributed by atoms with E-state index in [4.69, 9.17) is 19.8 Å². The fraction of sp³-hybridized carbons (Fsp3) is 0.480. The van der Waals surface area contributed by atoms with Gasteiger partial charge in [0.05, 0.1) is 37.0 Å². The van der Waals surface area contributed by atoms with Crippen LogP contribution in [0.25, 0.3) is 28.4 Å². The molecule has 2 saturated heterocycles. The third kappa shape index (κ3) is 4.14. The van der Waals surface area contributed by atoms with Gasteiger partial charge in [-0.15, -0.1) is 0 Å². The summed E-state index contributed by atoms with van der Waals surface area (Å²) in [4.78, 5) is 17.2. The van der Waals surface area contributed by atoms with Gasteiger partial charge in [0.1, 0.15) is 0 Å². The minimum atomic E-state index is 0.712. The second-order valence-corrected chi connectivity index (χ2v) is 9.24. The SMILES string of the molecule is CN1CCN(CCn2ncc3c(-c4ccc5c(c4)CC=C5)nc(N4CCOCC4)nc32)CC1. The highest BCUT2D eigenvalue weighted by atomic mass is 16.5. The number of benzene rings is 1. The molecule has 2 fully saturated rings. The first-order valence-electron chi connectivity index (χ1n) is 12.0. The first-order valence-corrected chi connectivity index (χ1v) is 12.0. The lowest BCUT2D eigenvalue weighted by molar-refractivity contribution is 0.122. The second-order valence-electron chi connectivity index (χ2n) is 9.24. The zero-order valence-electron chi connectivity index (χ0n) is 19.3. The van der Waals surface area contributed by atoms with Gasteiger partial charge in [-0.1, -0.05) is 24.3 Å². The van der Waals surface area contributed by atoms with Crippen LogP contribution in [0.4, 0.5) is 5.95 Å². The maximum atomic E-state index is 5.57. The van der Waals surface area contributed by atoms with Gasteiger partial charge in [0, 0.05) is 51.4 Å². The first kappa shape index (κ1) is 20.8. The van der Waals surface area contributed by atoms with Gasteiger partial charge in [0.2, 0.25) is 5.95 Å². The van der Waals surface area contributed by atoms with Gasteiger partial charge in [-0.25, -0.2) is 9.67 Å². The van der Waals surface area contributed by atoms with Crippen LogP contribution in [-0.2, 0) is 17.7 Å². The van der Waals surface area contributed by atoms with Crippen molar-refractivity contribution in [3.8, 4) is 11.3 Å². The molecule has 0 saturated carbocycles. The number of likely N-dealkylation sites (N-methyl/N-ethyl adjacent to an activating group) is 1. The van der Waals surface area contributed by atoms with Crippen molar-refractivity contribution in [2.75, 3.05) is 71.0 Å². The van der Waals surface area contributed by atoms with Gasteiger partial charge in [0.15, 0.2) is 5.65 Å². The van der Waals surface area contributed by atoms with E-state index in [0.29, 0.717) is 13.2 Å². The highest BCUT2D eigenvalue weighted by Gasteiger charge is 2.21. The molecule has 3 aliphatic rings. The number of ether oxygens (including phenoxy) is 1. The molecule has 8 heteroatoms. The molecule has 33 heavy (non-hydrogen) atoms. The van der Waals surface area contributed by atoms with Crippen molar-refractivity contribution >= 4 is 23.1 Å². The number of hydrogen-bond acceptors (Lipinski definition) is 7. The lowest BCUT2D eigenvalue weighted by Crippen LogP contribution is -2.45. The molecule has 0 spiro atoms. The smallest absolute Gasteiger partial charge is 0.228 e. The minimum Gasteiger partial charge on any atom is -0.378 e. The molecule has 2 aliphatic heterocycles. The molecular weight excluding hydrogens is 414 g/mol. The zero-order valence-corrected chi connectivity index (χ0v) is 19.3. The van der Waals surface area contributed by atoms with E-state index < -0.39 is 0 Å². The molecule has 0 radical (unpaired) electrons. The largest absolute Gasteiger partial charge is 0.378 e. The van der Waals surface area contributed by atoms with Crippen LogP contribution in [0.15, 0.2) is 30.5 Å². The van der Waals surface area contributed by atoms with Gasteiger partial charge < -0.3 is 14.5 Å². The summed E-state index contributed by atoms with van der Waals surface area (Å²) >= 11 is 0. The predicted molar refractivity (Wildman–Crippen MR) is 130 cm³/mol. The Labute approximate surface area is 194 Å². The van der Waals surface area contributed by atoms with Crippen molar-refractivity contribution in [1.82, 2.24) is 29.5 Å². The van der Waals surface area contributed by atoms with Gasteiger partial charge >= 0.3 is 0 Å². The van der Waals surface area contributed by atoms with Crippen molar-refractivity contribution in [3.05, 3.63) is 41.6 Å². The Morgan fingerprint density at radius 3 is 2.67 bits per heavy atom. The van der Waals surface area contributed by atoms with E-state index in [2.05, 4.69) is 56.8 Å². The highest BCUT2D eigenvalue weighted by molar-refractivity contribution is 5.91. The summed E-state index contributed by atoms with van der Waals surface area (Å²) in [5.74, 6) is 0.778. The number of allylic oxidation sites excluding steroid dienone is 1. The van der Waals surface area contributed by atoms with Gasteiger partial charge in [0.25, 0.3) is 0 Å². The lowest BCUT2D eigenvalue weighted by Gasteiger charge is -2.32. The maximum absolute atomic E-state index is 5.57. The lowest BCUT2D eigenvalue weighted by atomic mass is 10.0. The Balaban J connectivity index is 1.36. The zero-order chi connectivity index (χ0) is 22.2. The van der Waals surface area contributed by atoms with Crippen molar-refractivity contribution < 1.29 is 4.74 Å². The molecular formula is C25H31N7O.